The number of amides is 1. The molecular weight excluding hydrogens is 428 g/mol. The van der Waals surface area contributed by atoms with Gasteiger partial charge in [-0.3, -0.25) is 9.69 Å². The van der Waals surface area contributed by atoms with Gasteiger partial charge in [-0.25, -0.2) is 0 Å². The Morgan fingerprint density at radius 3 is 2.56 bits per heavy atom. The fourth-order valence-corrected chi connectivity index (χ4v) is 4.57. The first-order valence-corrected chi connectivity index (χ1v) is 11.7. The summed E-state index contributed by atoms with van der Waals surface area (Å²) in [6.45, 7) is 6.31. The number of nitrogens with zero attached hydrogens (tertiary/aromatic N) is 2. The molecule has 0 aromatic heterocycles. The summed E-state index contributed by atoms with van der Waals surface area (Å²) in [5.74, 6) is 1.28. The molecule has 7 heteroatoms. The number of likely N-dealkylation sites (tertiary alicyclic amines) is 2. The van der Waals surface area contributed by atoms with Crippen molar-refractivity contribution in [2.24, 2.45) is 0 Å². The molecule has 2 saturated heterocycles. The van der Waals surface area contributed by atoms with E-state index in [2.05, 4.69) is 4.90 Å². The van der Waals surface area contributed by atoms with E-state index in [9.17, 15) is 9.90 Å². The van der Waals surface area contributed by atoms with E-state index in [1.807, 2.05) is 24.3 Å². The normalized spacial score (nSPS) is 23.8. The molecule has 6 nitrogen and oxygen atoms in total. The molecule has 172 valence electrons. The lowest BCUT2D eigenvalue weighted by molar-refractivity contribution is -0.0899. The lowest BCUT2D eigenvalue weighted by Crippen LogP contribution is -2.58. The minimum Gasteiger partial charge on any atom is -0.492 e. The number of halogens is 1. The van der Waals surface area contributed by atoms with Gasteiger partial charge in [0.25, 0.3) is 5.91 Å². The van der Waals surface area contributed by atoms with Crippen LogP contribution in [0.2, 0.25) is 5.02 Å². The summed E-state index contributed by atoms with van der Waals surface area (Å²) in [6.07, 6.45) is 2.65. The Balaban J connectivity index is 1.30. The van der Waals surface area contributed by atoms with Crippen molar-refractivity contribution in [2.45, 2.75) is 37.9 Å². The van der Waals surface area contributed by atoms with Gasteiger partial charge in [0.2, 0.25) is 0 Å². The molecule has 2 aliphatic rings. The highest BCUT2D eigenvalue weighted by atomic mass is 35.5. The Hall–Kier alpha value is -2.28. The number of ether oxygens (including phenoxy) is 2. The predicted molar refractivity (Wildman–Crippen MR) is 125 cm³/mol. The maximum atomic E-state index is 13.0. The summed E-state index contributed by atoms with van der Waals surface area (Å²) < 4.78 is 11.8. The number of carbonyl (C=O) groups excluding carboxylic acids is 1. The van der Waals surface area contributed by atoms with Gasteiger partial charge in [0.05, 0.1) is 6.54 Å². The first kappa shape index (κ1) is 22.9. The minimum atomic E-state index is -1.17. The van der Waals surface area contributed by atoms with E-state index in [0.717, 1.165) is 25.4 Å². The second-order valence-corrected chi connectivity index (χ2v) is 9.29. The van der Waals surface area contributed by atoms with Crippen molar-refractivity contribution >= 4 is 17.5 Å². The molecule has 0 unspecified atom stereocenters. The van der Waals surface area contributed by atoms with Crippen LogP contribution < -0.4 is 9.47 Å². The maximum Gasteiger partial charge on any atom is 0.253 e. The number of rotatable bonds is 7. The summed E-state index contributed by atoms with van der Waals surface area (Å²) in [4.78, 5) is 17.1. The van der Waals surface area contributed by atoms with Crippen LogP contribution in [0.3, 0.4) is 0 Å². The second-order valence-electron chi connectivity index (χ2n) is 8.86. The monoisotopic (exact) mass is 458 g/mol. The van der Waals surface area contributed by atoms with Crippen molar-refractivity contribution in [1.82, 2.24) is 9.80 Å². The maximum absolute atomic E-state index is 13.0. The molecule has 1 N–H and O–H groups in total. The van der Waals surface area contributed by atoms with Crippen LogP contribution in [0.15, 0.2) is 48.5 Å². The van der Waals surface area contributed by atoms with Gasteiger partial charge in [0.15, 0.2) is 0 Å². The van der Waals surface area contributed by atoms with Gasteiger partial charge in [-0.05, 0) is 75.3 Å². The fraction of sp³-hybridized carbons (Fsp3) is 0.480. The van der Waals surface area contributed by atoms with Crippen LogP contribution in [0, 0.1) is 0 Å². The van der Waals surface area contributed by atoms with Crippen molar-refractivity contribution in [1.29, 1.82) is 0 Å². The molecule has 2 atom stereocenters. The van der Waals surface area contributed by atoms with Crippen LogP contribution in [-0.2, 0) is 0 Å². The van der Waals surface area contributed by atoms with Crippen molar-refractivity contribution < 1.29 is 19.4 Å². The Labute approximate surface area is 194 Å². The minimum absolute atomic E-state index is 0.102. The summed E-state index contributed by atoms with van der Waals surface area (Å²) in [5, 5.41) is 11.6. The third-order valence-corrected chi connectivity index (χ3v) is 6.44. The summed E-state index contributed by atoms with van der Waals surface area (Å²) >= 11 is 6.03. The number of aliphatic hydroxyl groups is 1. The predicted octanol–water partition coefficient (Wildman–Crippen LogP) is 3.86. The van der Waals surface area contributed by atoms with Crippen molar-refractivity contribution in [3.05, 3.63) is 59.1 Å². The molecule has 32 heavy (non-hydrogen) atoms. The van der Waals surface area contributed by atoms with Gasteiger partial charge in [-0.2, -0.15) is 0 Å². The standard InChI is InChI=1S/C25H31ClN2O4/c1-25(30)18-28(14-11-23(25)32-22-6-4-5-20(26)17-22)24(29)19-7-9-21(10-8-19)31-16-15-27-12-2-3-13-27/h4-10,17,23,30H,2-3,11-16,18H2,1H3/t23-,25-/m0/s1. The van der Waals surface area contributed by atoms with Crippen LogP contribution in [0.5, 0.6) is 11.5 Å². The zero-order valence-electron chi connectivity index (χ0n) is 18.5. The molecule has 0 bridgehead atoms. The van der Waals surface area contributed by atoms with Gasteiger partial charge in [0, 0.05) is 30.1 Å². The SMILES string of the molecule is C[C@]1(O)CN(C(=O)c2ccc(OCCN3CCCC3)cc2)CC[C@@H]1Oc1cccc(Cl)c1. The third-order valence-electron chi connectivity index (χ3n) is 6.20. The molecular formula is C25H31ClN2O4. The number of hydrogen-bond acceptors (Lipinski definition) is 5. The average molecular weight is 459 g/mol. The molecule has 2 heterocycles. The van der Waals surface area contributed by atoms with E-state index in [4.69, 9.17) is 21.1 Å². The van der Waals surface area contributed by atoms with Gasteiger partial charge in [-0.15, -0.1) is 0 Å². The number of β-amino-alcohol motifs (C(OH)–C–C–N with tert-alkyl or cyclic N) is 1. The van der Waals surface area contributed by atoms with Crippen molar-refractivity contribution in [3.8, 4) is 11.5 Å². The van der Waals surface area contributed by atoms with Gasteiger partial charge < -0.3 is 19.5 Å². The number of carbonyl (C=O) groups is 1. The highest BCUT2D eigenvalue weighted by Crippen LogP contribution is 2.28. The lowest BCUT2D eigenvalue weighted by Gasteiger charge is -2.42. The first-order chi connectivity index (χ1) is 15.4. The van der Waals surface area contributed by atoms with E-state index >= 15 is 0 Å². The molecule has 0 radical (unpaired) electrons. The zero-order valence-corrected chi connectivity index (χ0v) is 19.3. The quantitative estimate of drug-likeness (QED) is 0.682. The smallest absolute Gasteiger partial charge is 0.253 e. The Morgan fingerprint density at radius 2 is 1.88 bits per heavy atom. The molecule has 2 aliphatic heterocycles. The van der Waals surface area contributed by atoms with Crippen LogP contribution in [0.25, 0.3) is 0 Å². The molecule has 4 rings (SSSR count). The zero-order chi connectivity index (χ0) is 22.6. The van der Waals surface area contributed by atoms with E-state index in [1.54, 1.807) is 36.1 Å². The number of hydrogen-bond donors (Lipinski definition) is 1. The molecule has 1 amide bonds. The van der Waals surface area contributed by atoms with Gasteiger partial charge in [-0.1, -0.05) is 17.7 Å². The van der Waals surface area contributed by atoms with Crippen LogP contribution in [0.1, 0.15) is 36.5 Å². The molecule has 2 fully saturated rings. The topological polar surface area (TPSA) is 62.2 Å². The summed E-state index contributed by atoms with van der Waals surface area (Å²) in [5.41, 5.74) is -0.587. The summed E-state index contributed by atoms with van der Waals surface area (Å²) in [6, 6.07) is 14.4. The largest absolute Gasteiger partial charge is 0.492 e. The Morgan fingerprint density at radius 1 is 1.12 bits per heavy atom. The van der Waals surface area contributed by atoms with Crippen LogP contribution in [-0.4, -0.2) is 71.8 Å². The van der Waals surface area contributed by atoms with Gasteiger partial charge in [0.1, 0.15) is 29.8 Å². The highest BCUT2D eigenvalue weighted by molar-refractivity contribution is 6.30. The first-order valence-electron chi connectivity index (χ1n) is 11.3. The fourth-order valence-electron chi connectivity index (χ4n) is 4.39. The third kappa shape index (κ3) is 5.74. The van der Waals surface area contributed by atoms with Crippen LogP contribution >= 0.6 is 11.6 Å². The second kappa shape index (κ2) is 10.1. The molecule has 2 aromatic carbocycles. The van der Waals surface area contributed by atoms with Crippen molar-refractivity contribution in [2.75, 3.05) is 39.3 Å². The lowest BCUT2D eigenvalue weighted by atomic mass is 9.91. The highest BCUT2D eigenvalue weighted by Gasteiger charge is 2.41. The van der Waals surface area contributed by atoms with E-state index in [1.165, 1.54) is 12.8 Å². The molecule has 0 spiro atoms. The van der Waals surface area contributed by atoms with Gasteiger partial charge >= 0.3 is 0 Å². The Bertz CT molecular complexity index is 912. The van der Waals surface area contributed by atoms with E-state index in [-0.39, 0.29) is 12.5 Å². The molecule has 2 aromatic rings. The summed E-state index contributed by atoms with van der Waals surface area (Å²) in [7, 11) is 0. The molecule has 0 aliphatic carbocycles. The Kier molecular flexibility index (Phi) is 7.23. The van der Waals surface area contributed by atoms with E-state index < -0.39 is 11.7 Å². The van der Waals surface area contributed by atoms with Crippen LogP contribution in [0.4, 0.5) is 0 Å². The average Bonchev–Trinajstić information content (AvgIpc) is 3.29. The van der Waals surface area contributed by atoms with E-state index in [0.29, 0.717) is 35.9 Å². The number of piperidine rings is 1. The van der Waals surface area contributed by atoms with Crippen molar-refractivity contribution in [3.63, 3.8) is 0 Å². The molecule has 0 saturated carbocycles. The number of benzene rings is 2.